The van der Waals surface area contributed by atoms with E-state index >= 15 is 0 Å². The molecule has 0 unspecified atom stereocenters. The molecule has 0 bridgehead atoms. The van der Waals surface area contributed by atoms with Crippen molar-refractivity contribution < 1.29 is 9.53 Å². The van der Waals surface area contributed by atoms with Crippen LogP contribution in [-0.4, -0.2) is 37.9 Å². The van der Waals surface area contributed by atoms with Crippen LogP contribution in [0.3, 0.4) is 0 Å². The number of hydrogen-bond acceptors (Lipinski definition) is 6. The van der Waals surface area contributed by atoms with Crippen LogP contribution in [0.25, 0.3) is 16.9 Å². The van der Waals surface area contributed by atoms with E-state index in [1.54, 1.807) is 55.6 Å². The van der Waals surface area contributed by atoms with Gasteiger partial charge in [0.05, 0.1) is 12.8 Å². The summed E-state index contributed by atoms with van der Waals surface area (Å²) >= 11 is 5.92. The minimum atomic E-state index is -0.261. The lowest BCUT2D eigenvalue weighted by atomic mass is 10.1. The van der Waals surface area contributed by atoms with E-state index < -0.39 is 0 Å². The van der Waals surface area contributed by atoms with Gasteiger partial charge in [-0.25, -0.2) is 9.97 Å². The number of carbonyl (C=O) groups excluding carboxylic acids is 1. The summed E-state index contributed by atoms with van der Waals surface area (Å²) in [4.78, 5) is 21.2. The molecule has 0 fully saturated rings. The van der Waals surface area contributed by atoms with E-state index in [1.807, 2.05) is 0 Å². The number of ketones is 1. The second-order valence-corrected chi connectivity index (χ2v) is 5.87. The summed E-state index contributed by atoms with van der Waals surface area (Å²) in [6, 6.07) is 13.9. The fraction of sp³-hybridized carbons (Fsp3) is 0.0556. The first-order chi connectivity index (χ1) is 12.7. The van der Waals surface area contributed by atoms with Gasteiger partial charge in [-0.1, -0.05) is 16.8 Å². The third kappa shape index (κ3) is 2.78. The van der Waals surface area contributed by atoms with Gasteiger partial charge < -0.3 is 4.74 Å². The van der Waals surface area contributed by atoms with E-state index in [1.165, 1.54) is 11.0 Å². The van der Waals surface area contributed by atoms with Crippen LogP contribution >= 0.6 is 11.6 Å². The van der Waals surface area contributed by atoms with E-state index in [0.717, 1.165) is 5.69 Å². The van der Waals surface area contributed by atoms with Gasteiger partial charge in [0.1, 0.15) is 17.8 Å². The molecule has 0 aliphatic rings. The highest BCUT2D eigenvalue weighted by Crippen LogP contribution is 2.21. The largest absolute Gasteiger partial charge is 0.497 e. The molecule has 128 valence electrons. The predicted octanol–water partition coefficient (Wildman–Crippen LogP) is 3.10. The third-order valence-electron chi connectivity index (χ3n) is 3.88. The number of nitrogens with zero attached hydrogens (tertiary/aromatic N) is 5. The zero-order chi connectivity index (χ0) is 18.1. The number of fused-ring (bicyclic) bond motifs is 1. The number of aromatic nitrogens is 5. The van der Waals surface area contributed by atoms with Crippen molar-refractivity contribution in [2.75, 3.05) is 7.11 Å². The lowest BCUT2D eigenvalue weighted by Crippen LogP contribution is -2.06. The van der Waals surface area contributed by atoms with Gasteiger partial charge in [-0.05, 0) is 48.5 Å². The van der Waals surface area contributed by atoms with E-state index in [-0.39, 0.29) is 11.5 Å². The standard InChI is InChI=1S/C18H12ClN5O2/c1-26-14-8-2-11(3-9-14)17(25)15-16-18(21-10-20-15)24(23-22-16)13-6-4-12(19)5-7-13/h2-10H,1H3. The van der Waals surface area contributed by atoms with Crippen molar-refractivity contribution >= 4 is 28.5 Å². The number of rotatable bonds is 4. The minimum Gasteiger partial charge on any atom is -0.497 e. The Hall–Kier alpha value is -3.32. The molecule has 0 aliphatic carbocycles. The summed E-state index contributed by atoms with van der Waals surface area (Å²) in [5.41, 5.74) is 2.19. The molecule has 4 aromatic rings. The van der Waals surface area contributed by atoms with Gasteiger partial charge in [-0.2, -0.15) is 4.68 Å². The SMILES string of the molecule is COc1ccc(C(=O)c2ncnc3c2nnn3-c2ccc(Cl)cc2)cc1. The maximum absolute atomic E-state index is 12.8. The number of hydrogen-bond donors (Lipinski definition) is 0. The van der Waals surface area contributed by atoms with Crippen LogP contribution < -0.4 is 4.74 Å². The number of ether oxygens (including phenoxy) is 1. The molecule has 0 aliphatic heterocycles. The van der Waals surface area contributed by atoms with Gasteiger partial charge in [0.2, 0.25) is 5.78 Å². The molecule has 7 nitrogen and oxygen atoms in total. The molecule has 0 N–H and O–H groups in total. The zero-order valence-corrected chi connectivity index (χ0v) is 14.4. The lowest BCUT2D eigenvalue weighted by Gasteiger charge is -2.04. The third-order valence-corrected chi connectivity index (χ3v) is 4.13. The molecular weight excluding hydrogens is 354 g/mol. The van der Waals surface area contributed by atoms with Gasteiger partial charge in [-0.3, -0.25) is 4.79 Å². The minimum absolute atomic E-state index is 0.195. The Balaban J connectivity index is 1.79. The van der Waals surface area contributed by atoms with Gasteiger partial charge in [-0.15, -0.1) is 5.10 Å². The molecular formula is C18H12ClN5O2. The molecule has 2 aromatic carbocycles. The van der Waals surface area contributed by atoms with E-state index in [2.05, 4.69) is 20.3 Å². The summed E-state index contributed by atoms with van der Waals surface area (Å²) < 4.78 is 6.65. The van der Waals surface area contributed by atoms with Crippen molar-refractivity contribution in [2.24, 2.45) is 0 Å². The van der Waals surface area contributed by atoms with Gasteiger partial charge in [0.15, 0.2) is 11.2 Å². The molecule has 8 heteroatoms. The molecule has 2 aromatic heterocycles. The second kappa shape index (κ2) is 6.53. The molecule has 2 heterocycles. The quantitative estimate of drug-likeness (QED) is 0.517. The van der Waals surface area contributed by atoms with Crippen molar-refractivity contribution in [3.63, 3.8) is 0 Å². The van der Waals surface area contributed by atoms with Crippen molar-refractivity contribution in [3.8, 4) is 11.4 Å². The zero-order valence-electron chi connectivity index (χ0n) is 13.6. The van der Waals surface area contributed by atoms with Crippen LogP contribution in [-0.2, 0) is 0 Å². The van der Waals surface area contributed by atoms with Gasteiger partial charge in [0, 0.05) is 10.6 Å². The van der Waals surface area contributed by atoms with Crippen LogP contribution in [0.15, 0.2) is 54.9 Å². The Bertz CT molecular complexity index is 1090. The first kappa shape index (κ1) is 16.2. The topological polar surface area (TPSA) is 82.8 Å². The number of halogens is 1. The van der Waals surface area contributed by atoms with Crippen LogP contribution in [0.5, 0.6) is 5.75 Å². The maximum Gasteiger partial charge on any atom is 0.213 e. The Morgan fingerprint density at radius 1 is 1.04 bits per heavy atom. The summed E-state index contributed by atoms with van der Waals surface area (Å²) in [6.45, 7) is 0. The van der Waals surface area contributed by atoms with E-state index in [4.69, 9.17) is 16.3 Å². The molecule has 0 spiro atoms. The molecule has 0 amide bonds. The Morgan fingerprint density at radius 3 is 2.46 bits per heavy atom. The summed E-state index contributed by atoms with van der Waals surface area (Å²) in [5.74, 6) is 0.409. The number of carbonyl (C=O) groups is 1. The van der Waals surface area contributed by atoms with Crippen LogP contribution in [0.1, 0.15) is 16.1 Å². The first-order valence-electron chi connectivity index (χ1n) is 7.68. The summed E-state index contributed by atoms with van der Waals surface area (Å²) in [7, 11) is 1.57. The predicted molar refractivity (Wildman–Crippen MR) is 95.9 cm³/mol. The average Bonchev–Trinajstić information content (AvgIpc) is 3.12. The fourth-order valence-electron chi connectivity index (χ4n) is 2.55. The average molecular weight is 366 g/mol. The van der Waals surface area contributed by atoms with Crippen molar-refractivity contribution in [1.29, 1.82) is 0 Å². The highest BCUT2D eigenvalue weighted by atomic mass is 35.5. The molecule has 0 saturated heterocycles. The number of benzene rings is 2. The highest BCUT2D eigenvalue weighted by molar-refractivity contribution is 6.30. The Kier molecular flexibility index (Phi) is 4.06. The first-order valence-corrected chi connectivity index (χ1v) is 8.06. The lowest BCUT2D eigenvalue weighted by molar-refractivity contribution is 0.103. The molecule has 0 atom stereocenters. The van der Waals surface area contributed by atoms with Gasteiger partial charge >= 0.3 is 0 Å². The summed E-state index contributed by atoms with van der Waals surface area (Å²) in [6.07, 6.45) is 1.33. The molecule has 0 saturated carbocycles. The van der Waals surface area contributed by atoms with Crippen molar-refractivity contribution in [2.45, 2.75) is 0 Å². The van der Waals surface area contributed by atoms with E-state index in [9.17, 15) is 4.79 Å². The monoisotopic (exact) mass is 365 g/mol. The normalized spacial score (nSPS) is 10.8. The van der Waals surface area contributed by atoms with Crippen LogP contribution in [0, 0.1) is 0 Å². The van der Waals surface area contributed by atoms with Crippen LogP contribution in [0.4, 0.5) is 0 Å². The van der Waals surface area contributed by atoms with E-state index in [0.29, 0.717) is 27.5 Å². The molecule has 26 heavy (non-hydrogen) atoms. The Morgan fingerprint density at radius 2 is 1.77 bits per heavy atom. The second-order valence-electron chi connectivity index (χ2n) is 5.43. The molecule has 4 rings (SSSR count). The van der Waals surface area contributed by atoms with Crippen LogP contribution in [0.2, 0.25) is 5.02 Å². The van der Waals surface area contributed by atoms with Gasteiger partial charge in [0.25, 0.3) is 0 Å². The maximum atomic E-state index is 12.8. The van der Waals surface area contributed by atoms with Crippen molar-refractivity contribution in [3.05, 3.63) is 71.1 Å². The van der Waals surface area contributed by atoms with Crippen molar-refractivity contribution in [1.82, 2.24) is 25.0 Å². The Labute approximate surface area is 153 Å². The summed E-state index contributed by atoms with van der Waals surface area (Å²) in [5, 5.41) is 8.83. The smallest absolute Gasteiger partial charge is 0.213 e. The number of methoxy groups -OCH3 is 1. The highest BCUT2D eigenvalue weighted by Gasteiger charge is 2.19. The molecule has 0 radical (unpaired) electrons. The fourth-order valence-corrected chi connectivity index (χ4v) is 2.68.